The third-order valence-corrected chi connectivity index (χ3v) is 12.8. The molecule has 9 heteroatoms. The molecule has 8 nitrogen and oxygen atoms in total. The van der Waals surface area contributed by atoms with Gasteiger partial charge >= 0.3 is 11.9 Å². The molecule has 0 saturated heterocycles. The Balaban J connectivity index is 1.08. The normalized spacial score (nSPS) is 38.0. The Labute approximate surface area is 293 Å². The Morgan fingerprint density at radius 1 is 0.979 bits per heavy atom. The lowest BCUT2D eigenvalue weighted by Gasteiger charge is -2.58. The minimum Gasteiger partial charge on any atom is -0.463 e. The van der Waals surface area contributed by atoms with Crippen molar-refractivity contribution in [1.82, 2.24) is 0 Å². The fourth-order valence-corrected chi connectivity index (χ4v) is 10.2. The molecule has 5 unspecified atom stereocenters. The van der Waals surface area contributed by atoms with Crippen LogP contribution in [0.4, 0.5) is 0 Å². The number of hydrogen-bond donors (Lipinski definition) is 0. The second-order valence-electron chi connectivity index (χ2n) is 14.9. The van der Waals surface area contributed by atoms with Crippen LogP contribution >= 0.6 is 22.6 Å². The van der Waals surface area contributed by atoms with Gasteiger partial charge in [-0.15, -0.1) is 0 Å². The summed E-state index contributed by atoms with van der Waals surface area (Å²) < 4.78 is 24.4. The Kier molecular flexibility index (Phi) is 10.5. The van der Waals surface area contributed by atoms with E-state index >= 15 is 0 Å². The lowest BCUT2D eigenvalue weighted by molar-refractivity contribution is -0.213. The fourth-order valence-electron chi connectivity index (χ4n) is 9.81. The highest BCUT2D eigenvalue weighted by Crippen LogP contribution is 2.66. The first-order valence-electron chi connectivity index (χ1n) is 17.4. The van der Waals surface area contributed by atoms with Gasteiger partial charge in [-0.2, -0.15) is 0 Å². The van der Waals surface area contributed by atoms with Crippen molar-refractivity contribution in [2.45, 2.75) is 117 Å². The molecule has 4 aliphatic carbocycles. The minimum atomic E-state index is -0.618. The monoisotopic (exact) mass is 759 g/mol. The number of esters is 2. The maximum absolute atomic E-state index is 11.6. The van der Waals surface area contributed by atoms with Crippen molar-refractivity contribution in [3.05, 3.63) is 57.2 Å². The van der Waals surface area contributed by atoms with Gasteiger partial charge in [0.25, 0.3) is 0 Å². The summed E-state index contributed by atoms with van der Waals surface area (Å²) in [5, 5.41) is 4.67. The average Bonchev–Trinajstić information content (AvgIpc) is 3.39. The highest BCUT2D eigenvalue weighted by molar-refractivity contribution is 14.1. The first-order chi connectivity index (χ1) is 22.5. The number of allylic oxidation sites excluding steroid dienone is 1. The number of oxime groups is 1. The maximum Gasteiger partial charge on any atom is 0.303 e. The number of fused-ring (bicyclic) bond motifs is 5. The van der Waals surface area contributed by atoms with Crippen molar-refractivity contribution in [2.75, 3.05) is 6.61 Å². The van der Waals surface area contributed by atoms with E-state index in [1.54, 1.807) is 11.6 Å². The lowest BCUT2D eigenvalue weighted by Crippen LogP contribution is -2.51. The highest BCUT2D eigenvalue weighted by atomic mass is 127. The van der Waals surface area contributed by atoms with Crippen LogP contribution in [-0.2, 0) is 40.0 Å². The largest absolute Gasteiger partial charge is 0.463 e. The molecular formula is C38H50INO7. The predicted octanol–water partition coefficient (Wildman–Crippen LogP) is 7.92. The number of carbonyl (C=O) groups excluding carboxylic acids is 2. The number of carbonyl (C=O) groups is 2. The summed E-state index contributed by atoms with van der Waals surface area (Å²) in [6.45, 7) is 10.5. The van der Waals surface area contributed by atoms with Gasteiger partial charge in [0, 0.05) is 23.3 Å². The summed E-state index contributed by atoms with van der Waals surface area (Å²) in [5.74, 6) is 1.76. The molecule has 0 radical (unpaired) electrons. The number of benzene rings is 1. The maximum atomic E-state index is 11.6. The van der Waals surface area contributed by atoms with Crippen molar-refractivity contribution in [3.63, 3.8) is 0 Å². The summed E-state index contributed by atoms with van der Waals surface area (Å²) in [7, 11) is 0. The molecule has 5 aliphatic rings. The Hall–Kier alpha value is -2.24. The van der Waals surface area contributed by atoms with Gasteiger partial charge in [-0.3, -0.25) is 9.59 Å². The number of halogens is 1. The molecule has 1 aliphatic heterocycles. The smallest absolute Gasteiger partial charge is 0.303 e. The Morgan fingerprint density at radius 2 is 1.77 bits per heavy atom. The molecule has 10 atom stereocenters. The van der Waals surface area contributed by atoms with Gasteiger partial charge in [0.2, 0.25) is 0 Å². The van der Waals surface area contributed by atoms with E-state index in [-0.39, 0.29) is 23.5 Å². The second kappa shape index (κ2) is 14.3. The predicted molar refractivity (Wildman–Crippen MR) is 187 cm³/mol. The first-order valence-corrected chi connectivity index (χ1v) is 18.4. The van der Waals surface area contributed by atoms with Crippen LogP contribution in [-0.4, -0.2) is 48.9 Å². The van der Waals surface area contributed by atoms with E-state index in [0.717, 1.165) is 37.0 Å². The summed E-state index contributed by atoms with van der Waals surface area (Å²) in [5.41, 5.74) is 4.31. The minimum absolute atomic E-state index is 0.000978. The van der Waals surface area contributed by atoms with Crippen molar-refractivity contribution in [1.29, 1.82) is 0 Å². The number of rotatable bonds is 9. The molecule has 1 aromatic rings. The van der Waals surface area contributed by atoms with Gasteiger partial charge in [0.05, 0.1) is 11.8 Å². The zero-order chi connectivity index (χ0) is 33.3. The first kappa shape index (κ1) is 34.6. The van der Waals surface area contributed by atoms with Crippen LogP contribution in [0.5, 0.6) is 0 Å². The molecule has 3 saturated carbocycles. The summed E-state index contributed by atoms with van der Waals surface area (Å²) in [4.78, 5) is 28.9. The van der Waals surface area contributed by atoms with Gasteiger partial charge in [-0.25, -0.2) is 0 Å². The van der Waals surface area contributed by atoms with Crippen molar-refractivity contribution in [3.8, 4) is 0 Å². The van der Waals surface area contributed by atoms with Crippen molar-refractivity contribution < 1.29 is 33.4 Å². The molecule has 0 amide bonds. The molecule has 0 aromatic heterocycles. The van der Waals surface area contributed by atoms with Crippen LogP contribution in [0.1, 0.15) is 91.5 Å². The van der Waals surface area contributed by atoms with Crippen LogP contribution in [0.15, 0.2) is 53.2 Å². The number of ether oxygens (including phenoxy) is 4. The van der Waals surface area contributed by atoms with Crippen molar-refractivity contribution >= 4 is 40.2 Å². The number of hydrogen-bond acceptors (Lipinski definition) is 8. The van der Waals surface area contributed by atoms with E-state index in [4.69, 9.17) is 23.8 Å². The van der Waals surface area contributed by atoms with Crippen LogP contribution < -0.4 is 0 Å². The average molecular weight is 760 g/mol. The topological polar surface area (TPSA) is 92.7 Å². The Morgan fingerprint density at radius 3 is 2.51 bits per heavy atom. The Bertz CT molecular complexity index is 1410. The standard InChI is InChI=1S/C38H50INO7/c1-23(40-44-21-26-6-9-28(39)10-7-26)31-12-13-32-30-11-8-27-20-29(16-18-37(27,4)33(30)17-19-38(31,32)5)46-36-15-14-34(45-25(3)42)35(47-36)22-43-24(2)41/h6-10,14-15,29-36H,11-13,16-22H2,1-5H3/b40-23+/t29?,30?,31-,32?,33?,34+,35-,36?,37+,38-/m1/s1. The molecule has 0 bridgehead atoms. The van der Waals surface area contributed by atoms with Gasteiger partial charge in [-0.05, 0) is 139 Å². The second-order valence-corrected chi connectivity index (χ2v) is 16.1. The quantitative estimate of drug-likeness (QED) is 0.0831. The SMILES string of the molecule is CC(=O)OC[C@H]1OC(OC2CC[C@@]3(C)C(=CCC4C3CC[C@@]3(C)C4CC[C@@H]3/C(C)=N/OCc3ccc(I)cc3)C2)C=C[C@@H]1OC(C)=O. The summed E-state index contributed by atoms with van der Waals surface area (Å²) in [6.07, 6.45) is 13.5. The molecule has 0 N–H and O–H groups in total. The van der Waals surface area contributed by atoms with Crippen molar-refractivity contribution in [2.24, 2.45) is 39.7 Å². The van der Waals surface area contributed by atoms with E-state index in [9.17, 15) is 9.59 Å². The third-order valence-electron chi connectivity index (χ3n) is 12.1. The molecule has 47 heavy (non-hydrogen) atoms. The van der Waals surface area contributed by atoms with E-state index in [1.807, 2.05) is 6.08 Å². The molecule has 256 valence electrons. The summed E-state index contributed by atoms with van der Waals surface area (Å²) >= 11 is 2.32. The van der Waals surface area contributed by atoms with E-state index in [0.29, 0.717) is 30.3 Å². The summed E-state index contributed by atoms with van der Waals surface area (Å²) in [6, 6.07) is 8.43. The fraction of sp³-hybridized carbons (Fsp3) is 0.658. The van der Waals surface area contributed by atoms with Crippen LogP contribution in [0.2, 0.25) is 0 Å². The van der Waals surface area contributed by atoms with Crippen LogP contribution in [0.3, 0.4) is 0 Å². The molecule has 3 fully saturated rings. The molecule has 1 aromatic carbocycles. The van der Waals surface area contributed by atoms with E-state index in [2.05, 4.69) is 78.9 Å². The highest BCUT2D eigenvalue weighted by Gasteiger charge is 2.59. The zero-order valence-corrected chi connectivity index (χ0v) is 30.6. The molecule has 0 spiro atoms. The third kappa shape index (κ3) is 7.37. The molecule has 6 rings (SSSR count). The van der Waals surface area contributed by atoms with Gasteiger partial charge < -0.3 is 23.8 Å². The molecule has 1 heterocycles. The van der Waals surface area contributed by atoms with E-state index in [1.165, 1.54) is 43.1 Å². The lowest BCUT2D eigenvalue weighted by atomic mass is 9.47. The van der Waals surface area contributed by atoms with Gasteiger partial charge in [0.1, 0.15) is 25.4 Å². The molecular weight excluding hydrogens is 709 g/mol. The van der Waals surface area contributed by atoms with Gasteiger partial charge in [0.15, 0.2) is 6.29 Å². The number of nitrogens with zero attached hydrogens (tertiary/aromatic N) is 1. The van der Waals surface area contributed by atoms with Crippen LogP contribution in [0.25, 0.3) is 0 Å². The van der Waals surface area contributed by atoms with Crippen LogP contribution in [0, 0.1) is 38.1 Å². The van der Waals surface area contributed by atoms with E-state index < -0.39 is 30.4 Å². The zero-order valence-electron chi connectivity index (χ0n) is 28.4. The van der Waals surface area contributed by atoms with Gasteiger partial charge in [-0.1, -0.05) is 42.8 Å².